The highest BCUT2D eigenvalue weighted by Gasteiger charge is 2.24. The Morgan fingerprint density at radius 3 is 2.00 bits per heavy atom. The molecule has 0 atom stereocenters. The summed E-state index contributed by atoms with van der Waals surface area (Å²) in [5.74, 6) is -1.03. The lowest BCUT2D eigenvalue weighted by Crippen LogP contribution is -2.32. The second kappa shape index (κ2) is 8.16. The molecule has 1 heterocycles. The lowest BCUT2D eigenvalue weighted by Gasteiger charge is -2.16. The summed E-state index contributed by atoms with van der Waals surface area (Å²) in [5.41, 5.74) is 3.47. The number of sulfonamides is 1. The number of carbonyl (C=O) groups is 2. The van der Waals surface area contributed by atoms with E-state index in [4.69, 9.17) is 4.42 Å². The van der Waals surface area contributed by atoms with Crippen molar-refractivity contribution in [3.05, 3.63) is 82.3 Å². The van der Waals surface area contributed by atoms with Crippen LogP contribution in [-0.2, 0) is 10.0 Å². The maximum Gasteiger partial charge on any atom is 0.291 e. The summed E-state index contributed by atoms with van der Waals surface area (Å²) in [6.07, 6.45) is 1.39. The molecule has 2 amide bonds. The molecule has 0 saturated heterocycles. The van der Waals surface area contributed by atoms with Gasteiger partial charge in [0.2, 0.25) is 0 Å². The molecule has 30 heavy (non-hydrogen) atoms. The molecule has 156 valence electrons. The van der Waals surface area contributed by atoms with Crippen molar-refractivity contribution < 1.29 is 22.4 Å². The fourth-order valence-corrected chi connectivity index (χ4v) is 4.71. The highest BCUT2D eigenvalue weighted by atomic mass is 32.2. The summed E-state index contributed by atoms with van der Waals surface area (Å²) in [6.45, 7) is 7.10. The average molecular weight is 426 g/mol. The number of benzene rings is 2. The van der Waals surface area contributed by atoms with Gasteiger partial charge < -0.3 is 9.73 Å². The van der Waals surface area contributed by atoms with Gasteiger partial charge in [0.05, 0.1) is 11.2 Å². The van der Waals surface area contributed by atoms with Gasteiger partial charge in [-0.15, -0.1) is 0 Å². The van der Waals surface area contributed by atoms with Gasteiger partial charge in [0.15, 0.2) is 5.76 Å². The SMILES string of the molecule is Cc1cc(C)c(C)c(S(=O)(=O)NC(=O)c2ccc(NC(=O)c3ccco3)cc2)c1C. The number of rotatable bonds is 5. The van der Waals surface area contributed by atoms with Crippen LogP contribution in [0.3, 0.4) is 0 Å². The van der Waals surface area contributed by atoms with E-state index in [0.717, 1.165) is 11.1 Å². The molecule has 0 fully saturated rings. The smallest absolute Gasteiger partial charge is 0.291 e. The molecule has 0 radical (unpaired) electrons. The van der Waals surface area contributed by atoms with Crippen LogP contribution in [0.4, 0.5) is 5.69 Å². The van der Waals surface area contributed by atoms with E-state index in [2.05, 4.69) is 10.0 Å². The summed E-state index contributed by atoms with van der Waals surface area (Å²) in [4.78, 5) is 24.7. The van der Waals surface area contributed by atoms with Crippen LogP contribution < -0.4 is 10.0 Å². The number of aryl methyl sites for hydroxylation is 2. The van der Waals surface area contributed by atoms with Gasteiger partial charge in [-0.1, -0.05) is 6.07 Å². The minimum atomic E-state index is -4.05. The Bertz CT molecular complexity index is 1190. The lowest BCUT2D eigenvalue weighted by atomic mass is 10.0. The Morgan fingerprint density at radius 2 is 1.47 bits per heavy atom. The van der Waals surface area contributed by atoms with Gasteiger partial charge in [-0.3, -0.25) is 9.59 Å². The second-order valence-corrected chi connectivity index (χ2v) is 8.65. The number of anilines is 1. The van der Waals surface area contributed by atoms with E-state index >= 15 is 0 Å². The Kier molecular flexibility index (Phi) is 5.80. The minimum absolute atomic E-state index is 0.121. The van der Waals surface area contributed by atoms with E-state index in [1.54, 1.807) is 19.9 Å². The number of furan rings is 1. The van der Waals surface area contributed by atoms with Gasteiger partial charge in [0.25, 0.3) is 21.8 Å². The molecule has 8 heteroatoms. The molecule has 0 bridgehead atoms. The zero-order valence-corrected chi connectivity index (χ0v) is 17.9. The fourth-order valence-electron chi connectivity index (χ4n) is 3.12. The fraction of sp³-hybridized carbons (Fsp3) is 0.182. The van der Waals surface area contributed by atoms with Crippen LogP contribution >= 0.6 is 0 Å². The first-order valence-electron chi connectivity index (χ1n) is 9.19. The van der Waals surface area contributed by atoms with E-state index in [0.29, 0.717) is 16.8 Å². The summed E-state index contributed by atoms with van der Waals surface area (Å²) >= 11 is 0. The van der Waals surface area contributed by atoms with E-state index < -0.39 is 21.8 Å². The summed E-state index contributed by atoms with van der Waals surface area (Å²) in [7, 11) is -4.05. The predicted molar refractivity (Wildman–Crippen MR) is 113 cm³/mol. The van der Waals surface area contributed by atoms with E-state index in [1.165, 1.54) is 36.6 Å². The number of nitrogens with one attached hydrogen (secondary N) is 2. The number of hydrogen-bond acceptors (Lipinski definition) is 5. The molecule has 0 aliphatic rings. The highest BCUT2D eigenvalue weighted by molar-refractivity contribution is 7.90. The first-order valence-corrected chi connectivity index (χ1v) is 10.7. The zero-order valence-electron chi connectivity index (χ0n) is 17.1. The van der Waals surface area contributed by atoms with Crippen molar-refractivity contribution in [3.63, 3.8) is 0 Å². The molecule has 2 aromatic carbocycles. The van der Waals surface area contributed by atoms with Crippen LogP contribution in [0.2, 0.25) is 0 Å². The molecule has 0 unspecified atom stereocenters. The molecule has 3 rings (SSSR count). The molecule has 0 spiro atoms. The standard InChI is InChI=1S/C22H22N2O5S/c1-13-12-14(2)16(4)20(15(13)3)30(27,28)24-21(25)17-7-9-18(10-8-17)23-22(26)19-6-5-11-29-19/h5-12H,1-4H3,(H,23,26)(H,24,25). The third kappa shape index (κ3) is 4.28. The van der Waals surface area contributed by atoms with Crippen molar-refractivity contribution in [2.45, 2.75) is 32.6 Å². The van der Waals surface area contributed by atoms with E-state index in [1.807, 2.05) is 19.9 Å². The molecule has 7 nitrogen and oxygen atoms in total. The van der Waals surface area contributed by atoms with E-state index in [9.17, 15) is 18.0 Å². The quantitative estimate of drug-likeness (QED) is 0.644. The third-order valence-corrected chi connectivity index (χ3v) is 6.55. The van der Waals surface area contributed by atoms with Crippen molar-refractivity contribution in [1.29, 1.82) is 0 Å². The predicted octanol–water partition coefficient (Wildman–Crippen LogP) is 3.88. The Balaban J connectivity index is 1.78. The van der Waals surface area contributed by atoms with Gasteiger partial charge in [0.1, 0.15) is 0 Å². The van der Waals surface area contributed by atoms with Crippen LogP contribution in [-0.4, -0.2) is 20.2 Å². The topological polar surface area (TPSA) is 105 Å². The van der Waals surface area contributed by atoms with Crippen molar-refractivity contribution in [2.24, 2.45) is 0 Å². The monoisotopic (exact) mass is 426 g/mol. The molecule has 0 saturated carbocycles. The number of amides is 2. The largest absolute Gasteiger partial charge is 0.459 e. The molecule has 0 aliphatic heterocycles. The second-order valence-electron chi connectivity index (χ2n) is 7.03. The van der Waals surface area contributed by atoms with Crippen LogP contribution in [0, 0.1) is 27.7 Å². The normalized spacial score (nSPS) is 11.2. The first-order chi connectivity index (χ1) is 14.1. The van der Waals surface area contributed by atoms with Crippen LogP contribution in [0.15, 0.2) is 58.0 Å². The van der Waals surface area contributed by atoms with Gasteiger partial charge in [-0.05, 0) is 86.3 Å². The number of hydrogen-bond donors (Lipinski definition) is 2. The van der Waals surface area contributed by atoms with E-state index in [-0.39, 0.29) is 16.2 Å². The molecule has 3 aromatic rings. The van der Waals surface area contributed by atoms with Gasteiger partial charge >= 0.3 is 0 Å². The van der Waals surface area contributed by atoms with Gasteiger partial charge in [-0.25, -0.2) is 13.1 Å². The van der Waals surface area contributed by atoms with Crippen LogP contribution in [0.25, 0.3) is 0 Å². The Morgan fingerprint density at radius 1 is 0.867 bits per heavy atom. The minimum Gasteiger partial charge on any atom is -0.459 e. The third-order valence-electron chi connectivity index (χ3n) is 4.94. The highest BCUT2D eigenvalue weighted by Crippen LogP contribution is 2.26. The van der Waals surface area contributed by atoms with Gasteiger partial charge in [-0.2, -0.15) is 0 Å². The van der Waals surface area contributed by atoms with Crippen LogP contribution in [0.5, 0.6) is 0 Å². The molecule has 0 aliphatic carbocycles. The van der Waals surface area contributed by atoms with Crippen molar-refractivity contribution in [1.82, 2.24) is 4.72 Å². The summed E-state index contributed by atoms with van der Waals surface area (Å²) in [5, 5.41) is 2.63. The van der Waals surface area contributed by atoms with Crippen molar-refractivity contribution in [3.8, 4) is 0 Å². The van der Waals surface area contributed by atoms with Crippen LogP contribution in [0.1, 0.15) is 43.2 Å². The van der Waals surface area contributed by atoms with Crippen molar-refractivity contribution in [2.75, 3.05) is 5.32 Å². The Hall–Kier alpha value is -3.39. The maximum atomic E-state index is 12.9. The summed E-state index contributed by atoms with van der Waals surface area (Å²) in [6, 6.07) is 10.9. The molecular formula is C22H22N2O5S. The Labute approximate surface area is 175 Å². The zero-order chi connectivity index (χ0) is 22.1. The first kappa shape index (κ1) is 21.3. The average Bonchev–Trinajstić information content (AvgIpc) is 3.21. The molecule has 1 aromatic heterocycles. The van der Waals surface area contributed by atoms with Crippen molar-refractivity contribution >= 4 is 27.5 Å². The lowest BCUT2D eigenvalue weighted by molar-refractivity contribution is 0.0978. The maximum absolute atomic E-state index is 12.9. The molecule has 2 N–H and O–H groups in total. The van der Waals surface area contributed by atoms with Gasteiger partial charge in [0, 0.05) is 11.3 Å². The number of carbonyl (C=O) groups excluding carboxylic acids is 2. The summed E-state index contributed by atoms with van der Waals surface area (Å²) < 4.78 is 33.0. The molecular weight excluding hydrogens is 404 g/mol.